The van der Waals surface area contributed by atoms with Crippen LogP contribution in [0.3, 0.4) is 0 Å². The number of piperazine rings is 1. The number of carbonyl (C=O) groups excluding carboxylic acids is 1. The lowest BCUT2D eigenvalue weighted by atomic mass is 9.90. The van der Waals surface area contributed by atoms with Gasteiger partial charge in [-0.1, -0.05) is 60.7 Å². The van der Waals surface area contributed by atoms with E-state index < -0.39 is 5.97 Å². The van der Waals surface area contributed by atoms with Crippen molar-refractivity contribution in [2.75, 3.05) is 26.2 Å². The zero-order valence-electron chi connectivity index (χ0n) is 15.6. The number of nitrogens with zero attached hydrogens (tertiary/aromatic N) is 2. The summed E-state index contributed by atoms with van der Waals surface area (Å²) in [6.07, 6.45) is 0.130. The van der Waals surface area contributed by atoms with E-state index in [0.29, 0.717) is 26.2 Å². The maximum Gasteiger partial charge on any atom is 0.304 e. The number of carboxylic acid groups (broad SMARTS) is 1. The molecule has 1 aliphatic heterocycles. The maximum absolute atomic E-state index is 13.4. The summed E-state index contributed by atoms with van der Waals surface area (Å²) in [4.78, 5) is 28.4. The monoisotopic (exact) mass is 366 g/mol. The third kappa shape index (κ3) is 4.74. The van der Waals surface area contributed by atoms with Crippen molar-refractivity contribution < 1.29 is 14.7 Å². The first-order chi connectivity index (χ1) is 13.1. The number of hydrogen-bond acceptors (Lipinski definition) is 3. The lowest BCUT2D eigenvalue weighted by molar-refractivity contribution is -0.139. The van der Waals surface area contributed by atoms with Crippen molar-refractivity contribution in [3.63, 3.8) is 0 Å². The quantitative estimate of drug-likeness (QED) is 0.854. The van der Waals surface area contributed by atoms with Gasteiger partial charge in [0.25, 0.3) is 0 Å². The van der Waals surface area contributed by atoms with Crippen molar-refractivity contribution in [3.8, 4) is 0 Å². The number of aliphatic carboxylic acids is 1. The molecule has 0 spiro atoms. The van der Waals surface area contributed by atoms with Crippen LogP contribution in [0.4, 0.5) is 0 Å². The fraction of sp³-hybridized carbons (Fsp3) is 0.364. The molecule has 1 heterocycles. The Bertz CT molecular complexity index is 716. The van der Waals surface area contributed by atoms with Crippen LogP contribution in [-0.2, 0) is 9.59 Å². The van der Waals surface area contributed by atoms with E-state index in [2.05, 4.69) is 4.90 Å². The summed E-state index contributed by atoms with van der Waals surface area (Å²) in [5.74, 6) is -0.984. The molecule has 5 nitrogen and oxygen atoms in total. The Balaban J connectivity index is 1.73. The first kappa shape index (κ1) is 19.1. The number of rotatable bonds is 6. The second-order valence-corrected chi connectivity index (χ2v) is 7.06. The summed E-state index contributed by atoms with van der Waals surface area (Å²) in [6, 6.07) is 19.8. The Labute approximate surface area is 160 Å². The first-order valence-electron chi connectivity index (χ1n) is 9.41. The molecule has 0 aromatic heterocycles. The highest BCUT2D eigenvalue weighted by Gasteiger charge is 2.31. The molecule has 1 unspecified atom stereocenters. The Hall–Kier alpha value is -2.66. The van der Waals surface area contributed by atoms with Crippen LogP contribution in [0, 0.1) is 0 Å². The van der Waals surface area contributed by atoms with Crippen molar-refractivity contribution >= 4 is 11.9 Å². The maximum atomic E-state index is 13.4. The summed E-state index contributed by atoms with van der Waals surface area (Å²) in [7, 11) is 0. The van der Waals surface area contributed by atoms with Crippen LogP contribution >= 0.6 is 0 Å². The molecule has 0 saturated carbocycles. The van der Waals surface area contributed by atoms with Gasteiger partial charge in [0.05, 0.1) is 12.3 Å². The van der Waals surface area contributed by atoms with E-state index in [1.807, 2.05) is 72.5 Å². The van der Waals surface area contributed by atoms with Crippen molar-refractivity contribution in [2.24, 2.45) is 0 Å². The summed E-state index contributed by atoms with van der Waals surface area (Å²) < 4.78 is 0. The molecule has 2 aromatic carbocycles. The van der Waals surface area contributed by atoms with E-state index in [4.69, 9.17) is 5.11 Å². The molecule has 3 rings (SSSR count). The molecule has 0 aliphatic carbocycles. The molecule has 1 amide bonds. The second-order valence-electron chi connectivity index (χ2n) is 7.06. The predicted molar refractivity (Wildman–Crippen MR) is 105 cm³/mol. The summed E-state index contributed by atoms with van der Waals surface area (Å²) >= 11 is 0. The molecule has 1 aliphatic rings. The average Bonchev–Trinajstić information content (AvgIpc) is 2.69. The van der Waals surface area contributed by atoms with Gasteiger partial charge in [-0.25, -0.2) is 0 Å². The van der Waals surface area contributed by atoms with Crippen LogP contribution in [0.2, 0.25) is 0 Å². The van der Waals surface area contributed by atoms with Crippen LogP contribution in [0.5, 0.6) is 0 Å². The van der Waals surface area contributed by atoms with E-state index in [9.17, 15) is 9.59 Å². The minimum absolute atomic E-state index is 0.0150. The average molecular weight is 366 g/mol. The number of benzene rings is 2. The molecule has 142 valence electrons. The van der Waals surface area contributed by atoms with Gasteiger partial charge in [0.15, 0.2) is 0 Å². The highest BCUT2D eigenvalue weighted by Crippen LogP contribution is 2.27. The van der Waals surface area contributed by atoms with Crippen molar-refractivity contribution in [2.45, 2.75) is 25.3 Å². The van der Waals surface area contributed by atoms with Crippen LogP contribution in [0.1, 0.15) is 30.4 Å². The molecule has 1 fully saturated rings. The fourth-order valence-electron chi connectivity index (χ4n) is 3.72. The van der Waals surface area contributed by atoms with Crippen molar-refractivity contribution in [1.82, 2.24) is 9.80 Å². The first-order valence-corrected chi connectivity index (χ1v) is 9.41. The van der Waals surface area contributed by atoms with E-state index in [-0.39, 0.29) is 24.3 Å². The standard InChI is InChI=1S/C22H26N2O3/c1-17(16-20(25)26)23-12-14-24(15-13-23)22(27)21(18-8-4-2-5-9-18)19-10-6-3-7-11-19/h2-11,17,21H,12-16H2,1H3,(H,25,26). The Morgan fingerprint density at radius 2 is 1.37 bits per heavy atom. The highest BCUT2D eigenvalue weighted by atomic mass is 16.4. The van der Waals surface area contributed by atoms with Crippen LogP contribution in [0.15, 0.2) is 60.7 Å². The Morgan fingerprint density at radius 3 is 1.81 bits per heavy atom. The third-order valence-electron chi connectivity index (χ3n) is 5.23. The second kappa shape index (κ2) is 8.82. The summed E-state index contributed by atoms with van der Waals surface area (Å²) in [5.41, 5.74) is 1.99. The van der Waals surface area contributed by atoms with Crippen LogP contribution in [-0.4, -0.2) is 59.0 Å². The molecular weight excluding hydrogens is 340 g/mol. The highest BCUT2D eigenvalue weighted by molar-refractivity contribution is 5.87. The van der Waals surface area contributed by atoms with Gasteiger partial charge in [-0.3, -0.25) is 14.5 Å². The molecule has 5 heteroatoms. The van der Waals surface area contributed by atoms with Crippen molar-refractivity contribution in [3.05, 3.63) is 71.8 Å². The fourth-order valence-corrected chi connectivity index (χ4v) is 3.72. The smallest absolute Gasteiger partial charge is 0.304 e. The topological polar surface area (TPSA) is 60.9 Å². The van der Waals surface area contributed by atoms with E-state index in [1.54, 1.807) is 0 Å². The molecule has 2 aromatic rings. The van der Waals surface area contributed by atoms with Crippen molar-refractivity contribution in [1.29, 1.82) is 0 Å². The number of hydrogen-bond donors (Lipinski definition) is 1. The van der Waals surface area contributed by atoms with Gasteiger partial charge < -0.3 is 10.0 Å². The normalized spacial score (nSPS) is 16.3. The largest absolute Gasteiger partial charge is 0.481 e. The molecule has 1 N–H and O–H groups in total. The lowest BCUT2D eigenvalue weighted by Gasteiger charge is -2.39. The molecule has 0 bridgehead atoms. The van der Waals surface area contributed by atoms with Gasteiger partial charge in [-0.05, 0) is 18.1 Å². The Kier molecular flexibility index (Phi) is 6.24. The predicted octanol–water partition coefficient (Wildman–Crippen LogP) is 2.83. The number of carbonyl (C=O) groups is 2. The minimum Gasteiger partial charge on any atom is -0.481 e. The van der Waals surface area contributed by atoms with Gasteiger partial charge in [-0.2, -0.15) is 0 Å². The van der Waals surface area contributed by atoms with E-state index >= 15 is 0 Å². The Morgan fingerprint density at radius 1 is 0.889 bits per heavy atom. The molecule has 1 atom stereocenters. The molecule has 27 heavy (non-hydrogen) atoms. The zero-order chi connectivity index (χ0) is 19.2. The number of amides is 1. The van der Waals surface area contributed by atoms with Crippen LogP contribution in [0.25, 0.3) is 0 Å². The zero-order valence-corrected chi connectivity index (χ0v) is 15.6. The lowest BCUT2D eigenvalue weighted by Crippen LogP contribution is -2.52. The van der Waals surface area contributed by atoms with Crippen LogP contribution < -0.4 is 0 Å². The SMILES string of the molecule is CC(CC(=O)O)N1CCN(C(=O)C(c2ccccc2)c2ccccc2)CC1. The van der Waals surface area contributed by atoms with Gasteiger partial charge in [0, 0.05) is 32.2 Å². The molecular formula is C22H26N2O3. The van der Waals surface area contributed by atoms with Gasteiger partial charge in [0.2, 0.25) is 5.91 Å². The minimum atomic E-state index is -0.783. The van der Waals surface area contributed by atoms with Gasteiger partial charge in [-0.15, -0.1) is 0 Å². The van der Waals surface area contributed by atoms with Gasteiger partial charge >= 0.3 is 5.97 Å². The molecule has 1 saturated heterocycles. The van der Waals surface area contributed by atoms with E-state index in [1.165, 1.54) is 0 Å². The third-order valence-corrected chi connectivity index (χ3v) is 5.23. The van der Waals surface area contributed by atoms with Gasteiger partial charge in [0.1, 0.15) is 0 Å². The number of carboxylic acids is 1. The summed E-state index contributed by atoms with van der Waals surface area (Å²) in [6.45, 7) is 4.59. The molecule has 0 radical (unpaired) electrons. The van der Waals surface area contributed by atoms with E-state index in [0.717, 1.165) is 11.1 Å². The summed E-state index contributed by atoms with van der Waals surface area (Å²) in [5, 5.41) is 8.99.